The second kappa shape index (κ2) is 10.3. The second-order valence-electron chi connectivity index (χ2n) is 7.00. The molecule has 1 aliphatic heterocycles. The van der Waals surface area contributed by atoms with Crippen LogP contribution in [0.1, 0.15) is 44.6 Å². The van der Waals surface area contributed by atoms with Crippen molar-refractivity contribution in [2.75, 3.05) is 6.54 Å². The van der Waals surface area contributed by atoms with Gasteiger partial charge in [-0.15, -0.1) is 0 Å². The molecular weight excluding hydrogens is 364 g/mol. The summed E-state index contributed by atoms with van der Waals surface area (Å²) in [5.74, 6) is -1.64. The molecule has 0 radical (unpaired) electrons. The van der Waals surface area contributed by atoms with Crippen LogP contribution in [0, 0.1) is 0 Å². The van der Waals surface area contributed by atoms with Gasteiger partial charge in [0.1, 0.15) is 12.6 Å². The maximum absolute atomic E-state index is 12.9. The zero-order chi connectivity index (χ0) is 19.8. The van der Waals surface area contributed by atoms with E-state index in [1.54, 1.807) is 0 Å². The standard InChI is InChI=1S/C20H28N2O4S/c1-2-7-15-10-6-11-16(20(26)22(15)13-18(23)24)21-19(25)17(27)12-14-8-4-3-5-9-14/h3-5,8-9,15-17,27H,2,6-7,10-13H2,1H3,(H,21,25)(H,23,24)/t15-,16-,17-/m0/s1. The Morgan fingerprint density at radius 2 is 2.00 bits per heavy atom. The van der Waals surface area contributed by atoms with Crippen LogP contribution in [0.15, 0.2) is 30.3 Å². The van der Waals surface area contributed by atoms with E-state index < -0.39 is 17.3 Å². The molecule has 7 heteroatoms. The van der Waals surface area contributed by atoms with Crippen molar-refractivity contribution in [3.05, 3.63) is 35.9 Å². The molecular formula is C20H28N2O4S. The summed E-state index contributed by atoms with van der Waals surface area (Å²) in [5.41, 5.74) is 0.996. The maximum atomic E-state index is 12.9. The van der Waals surface area contributed by atoms with Crippen LogP contribution in [0.25, 0.3) is 0 Å². The molecule has 1 fully saturated rings. The lowest BCUT2D eigenvalue weighted by molar-refractivity contribution is -0.147. The van der Waals surface area contributed by atoms with Crippen LogP contribution in [0.2, 0.25) is 0 Å². The highest BCUT2D eigenvalue weighted by molar-refractivity contribution is 7.81. The monoisotopic (exact) mass is 392 g/mol. The van der Waals surface area contributed by atoms with Crippen molar-refractivity contribution in [1.82, 2.24) is 10.2 Å². The normalized spacial score (nSPS) is 21.4. The Morgan fingerprint density at radius 1 is 1.30 bits per heavy atom. The maximum Gasteiger partial charge on any atom is 0.323 e. The first-order valence-corrected chi connectivity index (χ1v) is 9.98. The van der Waals surface area contributed by atoms with Crippen molar-refractivity contribution < 1.29 is 19.5 Å². The number of hydrogen-bond acceptors (Lipinski definition) is 4. The number of carbonyl (C=O) groups excluding carboxylic acids is 2. The van der Waals surface area contributed by atoms with E-state index in [0.29, 0.717) is 12.8 Å². The fourth-order valence-electron chi connectivity index (χ4n) is 3.54. The molecule has 148 valence electrons. The molecule has 1 aromatic carbocycles. The lowest BCUT2D eigenvalue weighted by atomic mass is 10.0. The fourth-order valence-corrected chi connectivity index (χ4v) is 3.82. The molecule has 0 unspecified atom stereocenters. The smallest absolute Gasteiger partial charge is 0.323 e. The van der Waals surface area contributed by atoms with Gasteiger partial charge in [-0.3, -0.25) is 14.4 Å². The lowest BCUT2D eigenvalue weighted by Gasteiger charge is -2.30. The number of carboxylic acids is 1. The van der Waals surface area contributed by atoms with Crippen LogP contribution in [-0.4, -0.2) is 51.7 Å². The number of aliphatic carboxylic acids is 1. The zero-order valence-electron chi connectivity index (χ0n) is 15.6. The Hall–Kier alpha value is -2.02. The predicted molar refractivity (Wildman–Crippen MR) is 107 cm³/mol. The number of nitrogens with one attached hydrogen (secondary N) is 1. The fraction of sp³-hybridized carbons (Fsp3) is 0.550. The summed E-state index contributed by atoms with van der Waals surface area (Å²) in [5, 5.41) is 11.4. The molecule has 27 heavy (non-hydrogen) atoms. The van der Waals surface area contributed by atoms with Gasteiger partial charge in [-0.2, -0.15) is 12.6 Å². The minimum atomic E-state index is -1.03. The van der Waals surface area contributed by atoms with Crippen molar-refractivity contribution in [2.24, 2.45) is 0 Å². The van der Waals surface area contributed by atoms with Crippen molar-refractivity contribution in [1.29, 1.82) is 0 Å². The second-order valence-corrected chi connectivity index (χ2v) is 7.62. The minimum absolute atomic E-state index is 0.0865. The predicted octanol–water partition coefficient (Wildman–Crippen LogP) is 2.28. The van der Waals surface area contributed by atoms with Crippen LogP contribution in [0.4, 0.5) is 0 Å². The van der Waals surface area contributed by atoms with Gasteiger partial charge in [-0.25, -0.2) is 0 Å². The first kappa shape index (κ1) is 21.3. The Balaban J connectivity index is 2.04. The highest BCUT2D eigenvalue weighted by Gasteiger charge is 2.35. The molecule has 2 amide bonds. The van der Waals surface area contributed by atoms with Crippen LogP contribution in [0.3, 0.4) is 0 Å². The molecule has 6 nitrogen and oxygen atoms in total. The van der Waals surface area contributed by atoms with E-state index in [4.69, 9.17) is 0 Å². The number of likely N-dealkylation sites (tertiary alicyclic amines) is 1. The van der Waals surface area contributed by atoms with Gasteiger partial charge >= 0.3 is 5.97 Å². The molecule has 0 aliphatic carbocycles. The molecule has 3 atom stereocenters. The van der Waals surface area contributed by atoms with Gasteiger partial charge in [0, 0.05) is 6.04 Å². The summed E-state index contributed by atoms with van der Waals surface area (Å²) >= 11 is 4.39. The van der Waals surface area contributed by atoms with Gasteiger partial charge in [-0.05, 0) is 37.7 Å². The minimum Gasteiger partial charge on any atom is -0.480 e. The van der Waals surface area contributed by atoms with Crippen molar-refractivity contribution in [3.63, 3.8) is 0 Å². The number of carbonyl (C=O) groups is 3. The van der Waals surface area contributed by atoms with E-state index in [9.17, 15) is 19.5 Å². The Morgan fingerprint density at radius 3 is 2.63 bits per heavy atom. The highest BCUT2D eigenvalue weighted by atomic mass is 32.1. The summed E-state index contributed by atoms with van der Waals surface area (Å²) in [6.07, 6.45) is 4.16. The Bertz CT molecular complexity index is 653. The zero-order valence-corrected chi connectivity index (χ0v) is 16.5. The highest BCUT2D eigenvalue weighted by Crippen LogP contribution is 2.22. The van der Waals surface area contributed by atoms with Crippen molar-refractivity contribution >= 4 is 30.4 Å². The van der Waals surface area contributed by atoms with Gasteiger partial charge in [0.05, 0.1) is 5.25 Å². The number of amides is 2. The summed E-state index contributed by atoms with van der Waals surface area (Å²) in [6.45, 7) is 1.69. The third kappa shape index (κ3) is 6.27. The quantitative estimate of drug-likeness (QED) is 0.593. The van der Waals surface area contributed by atoms with E-state index >= 15 is 0 Å². The third-order valence-electron chi connectivity index (χ3n) is 4.87. The van der Waals surface area contributed by atoms with Crippen molar-refractivity contribution in [2.45, 2.75) is 62.8 Å². The molecule has 1 aromatic rings. The topological polar surface area (TPSA) is 86.7 Å². The molecule has 2 N–H and O–H groups in total. The number of rotatable bonds is 8. The molecule has 2 rings (SSSR count). The third-order valence-corrected chi connectivity index (χ3v) is 5.29. The summed E-state index contributed by atoms with van der Waals surface area (Å²) in [4.78, 5) is 38.1. The molecule has 0 aromatic heterocycles. The number of nitrogens with zero attached hydrogens (tertiary/aromatic N) is 1. The van der Waals surface area contributed by atoms with E-state index in [-0.39, 0.29) is 24.4 Å². The molecule has 1 aliphatic rings. The van der Waals surface area contributed by atoms with Gasteiger partial charge < -0.3 is 15.3 Å². The summed E-state index contributed by atoms with van der Waals surface area (Å²) in [6, 6.07) is 8.79. The van der Waals surface area contributed by atoms with E-state index in [1.807, 2.05) is 37.3 Å². The average molecular weight is 393 g/mol. The average Bonchev–Trinajstić information content (AvgIpc) is 2.77. The SMILES string of the molecule is CCC[C@H]1CCC[C@H](NC(=O)[C@@H](S)Cc2ccccc2)C(=O)N1CC(=O)O. The number of thiol groups is 1. The summed E-state index contributed by atoms with van der Waals surface area (Å²) < 4.78 is 0. The van der Waals surface area contributed by atoms with Crippen LogP contribution in [-0.2, 0) is 20.8 Å². The van der Waals surface area contributed by atoms with Gasteiger partial charge in [0.15, 0.2) is 0 Å². The van der Waals surface area contributed by atoms with Gasteiger partial charge in [-0.1, -0.05) is 43.7 Å². The van der Waals surface area contributed by atoms with Crippen LogP contribution >= 0.6 is 12.6 Å². The number of benzene rings is 1. The molecule has 0 saturated carbocycles. The molecule has 1 saturated heterocycles. The van der Waals surface area contributed by atoms with Gasteiger partial charge in [0.25, 0.3) is 0 Å². The number of carboxylic acid groups (broad SMARTS) is 1. The largest absolute Gasteiger partial charge is 0.480 e. The Labute approximate surface area is 165 Å². The van der Waals surface area contributed by atoms with Crippen LogP contribution < -0.4 is 5.32 Å². The van der Waals surface area contributed by atoms with E-state index in [2.05, 4.69) is 17.9 Å². The number of hydrogen-bond donors (Lipinski definition) is 3. The lowest BCUT2D eigenvalue weighted by Crippen LogP contribution is -2.52. The molecule has 0 spiro atoms. The van der Waals surface area contributed by atoms with Crippen molar-refractivity contribution in [3.8, 4) is 0 Å². The first-order chi connectivity index (χ1) is 12.9. The van der Waals surface area contributed by atoms with E-state index in [0.717, 1.165) is 31.2 Å². The van der Waals surface area contributed by atoms with Gasteiger partial charge in [0.2, 0.25) is 11.8 Å². The van der Waals surface area contributed by atoms with E-state index in [1.165, 1.54) is 4.90 Å². The van der Waals surface area contributed by atoms with Crippen LogP contribution in [0.5, 0.6) is 0 Å². The molecule has 0 bridgehead atoms. The first-order valence-electron chi connectivity index (χ1n) is 9.47. The molecule has 1 heterocycles. The Kier molecular flexibility index (Phi) is 8.16. The summed E-state index contributed by atoms with van der Waals surface area (Å²) in [7, 11) is 0.